The van der Waals surface area contributed by atoms with E-state index in [0.29, 0.717) is 24.1 Å². The van der Waals surface area contributed by atoms with E-state index in [-0.39, 0.29) is 11.7 Å². The van der Waals surface area contributed by atoms with Crippen molar-refractivity contribution in [3.63, 3.8) is 0 Å². The smallest absolute Gasteiger partial charge is 0.241 e. The van der Waals surface area contributed by atoms with E-state index in [2.05, 4.69) is 5.32 Å². The average molecular weight is 208 g/mol. The molecule has 15 heavy (non-hydrogen) atoms. The van der Waals surface area contributed by atoms with Crippen molar-refractivity contribution in [3.05, 3.63) is 29.1 Å². The summed E-state index contributed by atoms with van der Waals surface area (Å²) in [5, 5.41) is 2.54. The fourth-order valence-corrected chi connectivity index (χ4v) is 1.72. The molecule has 0 saturated carbocycles. The van der Waals surface area contributed by atoms with E-state index in [1.807, 2.05) is 6.07 Å². The molecule has 80 valence electrons. The first-order valence-electron chi connectivity index (χ1n) is 4.94. The third-order valence-electron chi connectivity index (χ3n) is 2.73. The van der Waals surface area contributed by atoms with Crippen LogP contribution in [0.4, 0.5) is 10.1 Å². The Morgan fingerprint density at radius 1 is 1.53 bits per heavy atom. The second-order valence-corrected chi connectivity index (χ2v) is 3.86. The molecule has 2 rings (SSSR count). The Morgan fingerprint density at radius 2 is 2.27 bits per heavy atom. The molecule has 0 spiro atoms. The fourth-order valence-electron chi connectivity index (χ4n) is 1.72. The number of amides is 1. The van der Waals surface area contributed by atoms with Gasteiger partial charge in [-0.15, -0.1) is 0 Å². The van der Waals surface area contributed by atoms with E-state index in [0.717, 1.165) is 5.56 Å². The molecular formula is C11H13FN2O. The normalized spacial score (nSPS) is 20.5. The van der Waals surface area contributed by atoms with Gasteiger partial charge in [-0.2, -0.15) is 0 Å². The maximum atomic E-state index is 13.7. The number of nitrogens with one attached hydrogen (secondary N) is 1. The average Bonchev–Trinajstić information content (AvgIpc) is 2.35. The number of aryl methyl sites for hydroxylation is 2. The lowest BCUT2D eigenvalue weighted by Crippen LogP contribution is -2.34. The van der Waals surface area contributed by atoms with Gasteiger partial charge in [-0.25, -0.2) is 4.39 Å². The summed E-state index contributed by atoms with van der Waals surface area (Å²) in [4.78, 5) is 11.4. The SMILES string of the molecule is Cc1ccc2c(c1F)NC(=O)[C@@H](N)CC2. The molecule has 3 nitrogen and oxygen atoms in total. The molecule has 0 aromatic heterocycles. The molecule has 0 radical (unpaired) electrons. The van der Waals surface area contributed by atoms with Gasteiger partial charge in [0.2, 0.25) is 5.91 Å². The maximum absolute atomic E-state index is 13.7. The van der Waals surface area contributed by atoms with Gasteiger partial charge in [-0.3, -0.25) is 4.79 Å². The summed E-state index contributed by atoms with van der Waals surface area (Å²) in [6.07, 6.45) is 1.19. The van der Waals surface area contributed by atoms with Crippen LogP contribution in [0.25, 0.3) is 0 Å². The predicted molar refractivity (Wildman–Crippen MR) is 56.1 cm³/mol. The third-order valence-corrected chi connectivity index (χ3v) is 2.73. The number of hydrogen-bond donors (Lipinski definition) is 2. The molecule has 1 aliphatic heterocycles. The van der Waals surface area contributed by atoms with Crippen LogP contribution in [0.2, 0.25) is 0 Å². The number of benzene rings is 1. The Labute approximate surface area is 87.5 Å². The molecule has 1 heterocycles. The highest BCUT2D eigenvalue weighted by Crippen LogP contribution is 2.26. The molecule has 0 saturated heterocycles. The lowest BCUT2D eigenvalue weighted by Gasteiger charge is -2.09. The highest BCUT2D eigenvalue weighted by molar-refractivity contribution is 5.96. The van der Waals surface area contributed by atoms with Gasteiger partial charge in [-0.1, -0.05) is 12.1 Å². The molecular weight excluding hydrogens is 195 g/mol. The number of halogens is 1. The quantitative estimate of drug-likeness (QED) is 0.676. The van der Waals surface area contributed by atoms with Crippen molar-refractivity contribution >= 4 is 11.6 Å². The topological polar surface area (TPSA) is 55.1 Å². The molecule has 0 fully saturated rings. The largest absolute Gasteiger partial charge is 0.322 e. The van der Waals surface area contributed by atoms with E-state index in [4.69, 9.17) is 5.73 Å². The van der Waals surface area contributed by atoms with Crippen molar-refractivity contribution in [1.82, 2.24) is 0 Å². The van der Waals surface area contributed by atoms with Gasteiger partial charge < -0.3 is 11.1 Å². The van der Waals surface area contributed by atoms with Crippen molar-refractivity contribution < 1.29 is 9.18 Å². The molecule has 1 amide bonds. The van der Waals surface area contributed by atoms with Crippen molar-refractivity contribution in [2.75, 3.05) is 5.32 Å². The molecule has 0 bridgehead atoms. The molecule has 0 unspecified atom stereocenters. The first-order chi connectivity index (χ1) is 7.09. The van der Waals surface area contributed by atoms with E-state index in [9.17, 15) is 9.18 Å². The van der Waals surface area contributed by atoms with Crippen molar-refractivity contribution in [1.29, 1.82) is 0 Å². The lowest BCUT2D eigenvalue weighted by atomic mass is 10.0. The standard InChI is InChI=1S/C11H13FN2O/c1-6-2-3-7-4-5-8(13)11(15)14-10(7)9(6)12/h2-3,8H,4-5,13H2,1H3,(H,14,15)/t8-/m0/s1. The van der Waals surface area contributed by atoms with Crippen LogP contribution in [-0.4, -0.2) is 11.9 Å². The first-order valence-corrected chi connectivity index (χ1v) is 4.94. The number of fused-ring (bicyclic) bond motifs is 1. The van der Waals surface area contributed by atoms with Gasteiger partial charge in [0, 0.05) is 0 Å². The number of hydrogen-bond acceptors (Lipinski definition) is 2. The van der Waals surface area contributed by atoms with Crippen molar-refractivity contribution in [2.45, 2.75) is 25.8 Å². The van der Waals surface area contributed by atoms with Gasteiger partial charge in [0.15, 0.2) is 0 Å². The number of carbonyl (C=O) groups excluding carboxylic acids is 1. The Bertz CT molecular complexity index is 417. The van der Waals surface area contributed by atoms with E-state index < -0.39 is 6.04 Å². The molecule has 4 heteroatoms. The third kappa shape index (κ3) is 1.72. The molecule has 1 aromatic carbocycles. The van der Waals surface area contributed by atoms with Crippen LogP contribution >= 0.6 is 0 Å². The van der Waals surface area contributed by atoms with Crippen LogP contribution < -0.4 is 11.1 Å². The van der Waals surface area contributed by atoms with Crippen LogP contribution in [0.3, 0.4) is 0 Å². The summed E-state index contributed by atoms with van der Waals surface area (Å²) < 4.78 is 13.7. The zero-order chi connectivity index (χ0) is 11.0. The summed E-state index contributed by atoms with van der Waals surface area (Å²) in [7, 11) is 0. The molecule has 1 aromatic rings. The number of rotatable bonds is 0. The molecule has 3 N–H and O–H groups in total. The minimum atomic E-state index is -0.544. The van der Waals surface area contributed by atoms with Gasteiger partial charge in [0.1, 0.15) is 5.82 Å². The zero-order valence-corrected chi connectivity index (χ0v) is 8.51. The highest BCUT2D eigenvalue weighted by Gasteiger charge is 2.22. The van der Waals surface area contributed by atoms with E-state index in [1.54, 1.807) is 13.0 Å². The van der Waals surface area contributed by atoms with Crippen LogP contribution in [-0.2, 0) is 11.2 Å². The Balaban J connectivity index is 2.48. The molecule has 0 aliphatic carbocycles. The van der Waals surface area contributed by atoms with Crippen LogP contribution in [0, 0.1) is 12.7 Å². The van der Waals surface area contributed by atoms with Gasteiger partial charge in [-0.05, 0) is 30.9 Å². The fraction of sp³-hybridized carbons (Fsp3) is 0.364. The minimum Gasteiger partial charge on any atom is -0.322 e. The van der Waals surface area contributed by atoms with Gasteiger partial charge in [0.05, 0.1) is 11.7 Å². The van der Waals surface area contributed by atoms with E-state index in [1.165, 1.54) is 0 Å². The number of anilines is 1. The summed E-state index contributed by atoms with van der Waals surface area (Å²) in [6.45, 7) is 1.67. The van der Waals surface area contributed by atoms with Gasteiger partial charge in [0.25, 0.3) is 0 Å². The monoisotopic (exact) mass is 208 g/mol. The zero-order valence-electron chi connectivity index (χ0n) is 8.51. The second-order valence-electron chi connectivity index (χ2n) is 3.86. The molecule has 1 aliphatic rings. The Morgan fingerprint density at radius 3 is 3.00 bits per heavy atom. The number of carbonyl (C=O) groups is 1. The summed E-state index contributed by atoms with van der Waals surface area (Å²) >= 11 is 0. The predicted octanol–water partition coefficient (Wildman–Crippen LogP) is 1.35. The minimum absolute atomic E-state index is 0.299. The lowest BCUT2D eigenvalue weighted by molar-refractivity contribution is -0.117. The highest BCUT2D eigenvalue weighted by atomic mass is 19.1. The second kappa shape index (κ2) is 3.62. The van der Waals surface area contributed by atoms with Crippen LogP contribution in [0.1, 0.15) is 17.5 Å². The van der Waals surface area contributed by atoms with Crippen LogP contribution in [0.15, 0.2) is 12.1 Å². The first kappa shape index (κ1) is 10.1. The maximum Gasteiger partial charge on any atom is 0.241 e. The van der Waals surface area contributed by atoms with Gasteiger partial charge >= 0.3 is 0 Å². The van der Waals surface area contributed by atoms with Crippen molar-refractivity contribution in [3.8, 4) is 0 Å². The molecule has 1 atom stereocenters. The van der Waals surface area contributed by atoms with Crippen molar-refractivity contribution in [2.24, 2.45) is 5.73 Å². The number of nitrogens with two attached hydrogens (primary N) is 1. The summed E-state index contributed by atoms with van der Waals surface area (Å²) in [5.41, 5.74) is 7.26. The summed E-state index contributed by atoms with van der Waals surface area (Å²) in [5.74, 6) is -0.659. The Kier molecular flexibility index (Phi) is 2.44. The Hall–Kier alpha value is -1.42. The van der Waals surface area contributed by atoms with E-state index >= 15 is 0 Å². The van der Waals surface area contributed by atoms with Crippen LogP contribution in [0.5, 0.6) is 0 Å². The summed E-state index contributed by atoms with van der Waals surface area (Å²) in [6, 6.07) is 3.01.